The van der Waals surface area contributed by atoms with Gasteiger partial charge in [0.15, 0.2) is 0 Å². The molecule has 4 fully saturated rings. The van der Waals surface area contributed by atoms with Crippen LogP contribution in [-0.2, 0) is 34.1 Å². The summed E-state index contributed by atoms with van der Waals surface area (Å²) in [6, 6.07) is 46.6. The predicted octanol–water partition coefficient (Wildman–Crippen LogP) is 8.52. The van der Waals surface area contributed by atoms with Crippen LogP contribution in [0.15, 0.2) is 140 Å². The molecule has 9 rings (SSSR count). The Morgan fingerprint density at radius 3 is 0.780 bits per heavy atom. The van der Waals surface area contributed by atoms with E-state index in [0.717, 1.165) is 23.0 Å². The van der Waals surface area contributed by atoms with Gasteiger partial charge in [-0.2, -0.15) is 0 Å². The molecule has 59 heavy (non-hydrogen) atoms. The Morgan fingerprint density at radius 2 is 0.559 bits per heavy atom. The van der Waals surface area contributed by atoms with E-state index in [1.54, 1.807) is 24.3 Å². The molecule has 4 aliphatic carbocycles. The zero-order valence-electron chi connectivity index (χ0n) is 32.0. The van der Waals surface area contributed by atoms with Crippen molar-refractivity contribution in [3.8, 4) is 0 Å². The Balaban J connectivity index is 0.000000210. The molecule has 2 N–H and O–H groups in total. The average molecular weight is 965 g/mol. The first-order valence-corrected chi connectivity index (χ1v) is 22.2. The molecule has 0 unspecified atom stereocenters. The summed E-state index contributed by atoms with van der Waals surface area (Å²) < 4.78 is 4.55. The van der Waals surface area contributed by atoms with Crippen LogP contribution in [0.4, 0.5) is 0 Å². The van der Waals surface area contributed by atoms with Gasteiger partial charge in [0, 0.05) is 11.8 Å². The van der Waals surface area contributed by atoms with Gasteiger partial charge in [-0.05, 0) is 151 Å². The number of hydrogen-bond acceptors (Lipinski definition) is 2. The maximum atomic E-state index is 10.6. The van der Waals surface area contributed by atoms with Crippen molar-refractivity contribution in [1.82, 2.24) is 0 Å². The van der Waals surface area contributed by atoms with Crippen LogP contribution in [0.1, 0.15) is 31.8 Å². The molecule has 20 radical (unpaired) electrons. The van der Waals surface area contributed by atoms with Crippen molar-refractivity contribution in [2.45, 2.75) is 0 Å². The molecule has 7 heteroatoms. The van der Waals surface area contributed by atoms with Crippen molar-refractivity contribution in [1.29, 1.82) is 0 Å². The van der Waals surface area contributed by atoms with Crippen LogP contribution in [0.5, 0.6) is 0 Å². The molecule has 5 aromatic rings. The Labute approximate surface area is 382 Å². The van der Waals surface area contributed by atoms with Crippen molar-refractivity contribution >= 4 is 42.7 Å². The number of benzene rings is 5. The second-order valence-corrected chi connectivity index (χ2v) is 18.7. The third-order valence-electron chi connectivity index (χ3n) is 8.41. The first kappa shape index (κ1) is 50.3. The summed E-state index contributed by atoms with van der Waals surface area (Å²) in [5, 5.41) is 17.4. The van der Waals surface area contributed by atoms with Gasteiger partial charge in [0.2, 0.25) is 0 Å². The minimum absolute atomic E-state index is 0. The monoisotopic (exact) mass is 964 g/mol. The topological polar surface area (TPSA) is 74.6 Å². The zero-order valence-corrected chi connectivity index (χ0v) is 36.8. The van der Waals surface area contributed by atoms with Crippen molar-refractivity contribution in [3.63, 3.8) is 0 Å². The maximum absolute atomic E-state index is 10.6. The number of rotatable bonds is 7. The Hall–Kier alpha value is -3.10. The molecule has 0 bridgehead atoms. The van der Waals surface area contributed by atoms with Crippen LogP contribution in [0, 0.1) is 127 Å². The molecule has 0 saturated heterocycles. The molecule has 292 valence electrons. The van der Waals surface area contributed by atoms with Gasteiger partial charge in [-0.15, -0.1) is 0 Å². The first-order chi connectivity index (χ1) is 28.0. The summed E-state index contributed by atoms with van der Waals surface area (Å²) in [7, 11) is 0. The van der Waals surface area contributed by atoms with Crippen LogP contribution in [0.25, 0.3) is 0 Å². The normalized spacial score (nSPS) is 15.6. The number of hydrogen-bond donors (Lipinski definition) is 2. The molecule has 0 aliphatic heterocycles. The van der Waals surface area contributed by atoms with Crippen molar-refractivity contribution in [2.24, 2.45) is 0 Å². The van der Waals surface area contributed by atoms with E-state index in [1.807, 2.05) is 140 Å². The summed E-state index contributed by atoms with van der Waals surface area (Å²) in [5.41, 5.74) is 2.72. The fourth-order valence-corrected chi connectivity index (χ4v) is 12.1. The molecule has 4 saturated carbocycles. The van der Waals surface area contributed by atoms with Gasteiger partial charge in [0.1, 0.15) is 0 Å². The van der Waals surface area contributed by atoms with Crippen LogP contribution < -0.4 is 10.5 Å². The molecule has 4 aliphatic rings. The van der Waals surface area contributed by atoms with E-state index in [4.69, 9.17) is 10.2 Å². The van der Waals surface area contributed by atoms with Gasteiger partial charge in [-0.3, -0.25) is 0 Å². The summed E-state index contributed by atoms with van der Waals surface area (Å²) in [6.45, 7) is 0. The molecule has 0 aromatic heterocycles. The third kappa shape index (κ3) is 17.8. The molecule has 0 heterocycles. The van der Waals surface area contributed by atoms with E-state index in [0.29, 0.717) is 11.1 Å². The van der Waals surface area contributed by atoms with Crippen LogP contribution >= 0.6 is 0 Å². The number of carboxylic acid groups (broad SMARTS) is 2. The SMILES string of the molecule is O=C(O)c1ccc([C]2[CH][CH][CH][CH]2)cc1.O=C(O)c1ccc([C]2[CH][CH][CH][CH]2)cc1.[CH]1[CH][CH][CH][CH]1.[CH]1[CH][CH][CH][CH]1.[Fe+2].[Fe+2].c1cc[c]([Sb]([c]2ccccc2)[c]2ccccc2)cc1. The summed E-state index contributed by atoms with van der Waals surface area (Å²) in [5.74, 6) is 0.446. The zero-order chi connectivity index (χ0) is 39.9. The average Bonchev–Trinajstić information content (AvgIpc) is 4.13. The third-order valence-corrected chi connectivity index (χ3v) is 15.4. The van der Waals surface area contributed by atoms with Crippen LogP contribution in [0.2, 0.25) is 0 Å². The molecule has 4 nitrogen and oxygen atoms in total. The number of carbonyl (C=O) groups is 2. The van der Waals surface area contributed by atoms with Gasteiger partial charge in [-0.1, -0.05) is 24.3 Å². The van der Waals surface area contributed by atoms with Gasteiger partial charge in [0.05, 0.1) is 11.1 Å². The summed E-state index contributed by atoms with van der Waals surface area (Å²) in [6.07, 6.45) is 35.8. The summed E-state index contributed by atoms with van der Waals surface area (Å²) in [4.78, 5) is 21.2. The fraction of sp³-hybridized carbons (Fsp3) is 0. The van der Waals surface area contributed by atoms with E-state index in [2.05, 4.69) is 91.0 Å². The molecule has 5 aromatic carbocycles. The minimum atomic E-state index is -1.83. The van der Waals surface area contributed by atoms with Gasteiger partial charge in [0.25, 0.3) is 0 Å². The molecule has 0 atom stereocenters. The van der Waals surface area contributed by atoms with Crippen LogP contribution in [0.3, 0.4) is 0 Å². The first-order valence-electron chi connectivity index (χ1n) is 18.4. The molecular weight excluding hydrogens is 922 g/mol. The Kier molecular flexibility index (Phi) is 24.9. The Morgan fingerprint density at radius 1 is 0.322 bits per heavy atom. The van der Waals surface area contributed by atoms with Crippen molar-refractivity contribution in [2.75, 3.05) is 0 Å². The van der Waals surface area contributed by atoms with E-state index in [1.165, 1.54) is 10.5 Å². The van der Waals surface area contributed by atoms with E-state index in [9.17, 15) is 9.59 Å². The van der Waals surface area contributed by atoms with E-state index >= 15 is 0 Å². The second kappa shape index (κ2) is 29.2. The van der Waals surface area contributed by atoms with E-state index < -0.39 is 32.1 Å². The predicted molar refractivity (Wildman–Crippen MR) is 233 cm³/mol. The van der Waals surface area contributed by atoms with Crippen LogP contribution in [-0.4, -0.2) is 42.4 Å². The number of aromatic carboxylic acids is 2. The fourth-order valence-electron chi connectivity index (χ4n) is 5.56. The van der Waals surface area contributed by atoms with Crippen molar-refractivity contribution in [3.05, 3.63) is 289 Å². The van der Waals surface area contributed by atoms with Gasteiger partial charge in [-0.25, -0.2) is 9.59 Å². The van der Waals surface area contributed by atoms with E-state index in [-0.39, 0.29) is 34.1 Å². The summed E-state index contributed by atoms with van der Waals surface area (Å²) >= 11 is -1.83. The van der Waals surface area contributed by atoms with Crippen molar-refractivity contribution < 1.29 is 53.9 Å². The molecule has 0 amide bonds. The van der Waals surface area contributed by atoms with Gasteiger partial charge < -0.3 is 10.2 Å². The number of carboxylic acids is 2. The quantitative estimate of drug-likeness (QED) is 0.161. The standard InChI is InChI=1S/2C12H9O2.3C6H5.2C5H5.2Fe.Sb/c2*13-12(14)11-7-5-10(6-8-11)9-3-1-2-4-9;3*1-2-4-6-5-3-1;2*1-2-4-5-3-1;;;/h2*1-8H,(H,13,14);3*1-5H;2*1-5H;;;/q;;;;;;;2*+2;. The van der Waals surface area contributed by atoms with Gasteiger partial charge >= 0.3 is 168 Å². The molecular formula is C52H43Fe2O4Sb+4. The Bertz CT molecular complexity index is 1650. The second-order valence-electron chi connectivity index (χ2n) is 12.4. The molecule has 0 spiro atoms.